The molecule has 1 aliphatic rings. The van der Waals surface area contributed by atoms with Crippen molar-refractivity contribution in [3.63, 3.8) is 0 Å². The Labute approximate surface area is 178 Å². The molecule has 1 amide bonds. The average molecular weight is 430 g/mol. The molecule has 164 valence electrons. The molecule has 31 heavy (non-hydrogen) atoms. The number of alkyl halides is 3. The maximum atomic E-state index is 13.1. The molecular weight excluding hydrogens is 405 g/mol. The number of halogens is 3. The van der Waals surface area contributed by atoms with Crippen molar-refractivity contribution in [1.82, 2.24) is 19.7 Å². The normalized spacial score (nSPS) is 16.2. The number of amides is 1. The molecule has 4 rings (SSSR count). The molecule has 0 saturated heterocycles. The van der Waals surface area contributed by atoms with Crippen LogP contribution in [0, 0.1) is 5.92 Å². The van der Waals surface area contributed by atoms with Gasteiger partial charge in [-0.05, 0) is 55.7 Å². The van der Waals surface area contributed by atoms with Crippen molar-refractivity contribution >= 4 is 5.91 Å². The summed E-state index contributed by atoms with van der Waals surface area (Å²) in [6.45, 7) is 3.72. The lowest BCUT2D eigenvalue weighted by Gasteiger charge is -2.19. The minimum absolute atomic E-state index is 0.106. The van der Waals surface area contributed by atoms with Crippen molar-refractivity contribution in [3.8, 4) is 5.69 Å². The van der Waals surface area contributed by atoms with Crippen LogP contribution in [-0.4, -0.2) is 20.3 Å². The fourth-order valence-electron chi connectivity index (χ4n) is 3.67. The third-order valence-corrected chi connectivity index (χ3v) is 5.62. The molecule has 1 saturated carbocycles. The van der Waals surface area contributed by atoms with Gasteiger partial charge >= 0.3 is 6.18 Å². The highest BCUT2D eigenvalue weighted by atomic mass is 19.4. The maximum absolute atomic E-state index is 13.1. The Kier molecular flexibility index (Phi) is 5.64. The first kappa shape index (κ1) is 21.2. The van der Waals surface area contributed by atoms with Crippen LogP contribution in [0.15, 0.2) is 54.9 Å². The van der Waals surface area contributed by atoms with Gasteiger partial charge in [0.2, 0.25) is 5.91 Å². The summed E-state index contributed by atoms with van der Waals surface area (Å²) >= 11 is 0. The van der Waals surface area contributed by atoms with E-state index >= 15 is 0 Å². The molecule has 0 aliphatic heterocycles. The number of carbonyl (C=O) groups is 1. The molecule has 0 bridgehead atoms. The van der Waals surface area contributed by atoms with Gasteiger partial charge in [-0.15, -0.1) is 0 Å². The Morgan fingerprint density at radius 2 is 1.87 bits per heavy atom. The van der Waals surface area contributed by atoms with Gasteiger partial charge in [-0.2, -0.15) is 18.3 Å². The van der Waals surface area contributed by atoms with E-state index in [0.717, 1.165) is 30.2 Å². The third kappa shape index (κ3) is 4.84. The number of carbonyl (C=O) groups excluding carboxylic acids is 1. The SMILES string of the molecule is CC(Cn1nc(C(F)(F)F)cc1C1CC1)C(=O)NC(C)c1cccc(-n2cccc2)c1. The lowest BCUT2D eigenvalue weighted by atomic mass is 10.1. The van der Waals surface area contributed by atoms with Crippen LogP contribution in [0.4, 0.5) is 13.2 Å². The number of nitrogens with zero attached hydrogens (tertiary/aromatic N) is 3. The molecule has 0 spiro atoms. The highest BCUT2D eigenvalue weighted by molar-refractivity contribution is 5.78. The molecule has 1 aliphatic carbocycles. The monoisotopic (exact) mass is 430 g/mol. The van der Waals surface area contributed by atoms with E-state index in [1.54, 1.807) is 6.92 Å². The van der Waals surface area contributed by atoms with Gasteiger partial charge < -0.3 is 9.88 Å². The number of hydrogen-bond donors (Lipinski definition) is 1. The van der Waals surface area contributed by atoms with Crippen LogP contribution in [-0.2, 0) is 17.5 Å². The molecule has 8 heteroatoms. The minimum Gasteiger partial charge on any atom is -0.349 e. The molecule has 1 fully saturated rings. The first-order chi connectivity index (χ1) is 14.7. The largest absolute Gasteiger partial charge is 0.435 e. The quantitative estimate of drug-likeness (QED) is 0.568. The summed E-state index contributed by atoms with van der Waals surface area (Å²) in [4.78, 5) is 12.8. The predicted molar refractivity (Wildman–Crippen MR) is 111 cm³/mol. The van der Waals surface area contributed by atoms with E-state index in [-0.39, 0.29) is 24.4 Å². The lowest BCUT2D eigenvalue weighted by molar-refractivity contribution is -0.141. The van der Waals surface area contributed by atoms with Crippen molar-refractivity contribution in [3.05, 3.63) is 71.8 Å². The fourth-order valence-corrected chi connectivity index (χ4v) is 3.67. The van der Waals surface area contributed by atoms with Crippen molar-refractivity contribution in [1.29, 1.82) is 0 Å². The topological polar surface area (TPSA) is 51.9 Å². The molecular formula is C23H25F3N4O. The van der Waals surface area contributed by atoms with Gasteiger partial charge in [-0.3, -0.25) is 9.48 Å². The molecule has 2 aromatic heterocycles. The second-order valence-electron chi connectivity index (χ2n) is 8.23. The lowest BCUT2D eigenvalue weighted by Crippen LogP contribution is -2.34. The van der Waals surface area contributed by atoms with Gasteiger partial charge in [0.1, 0.15) is 0 Å². The average Bonchev–Trinajstić information content (AvgIpc) is 3.24. The van der Waals surface area contributed by atoms with E-state index in [2.05, 4.69) is 10.4 Å². The Morgan fingerprint density at radius 3 is 2.52 bits per heavy atom. The number of nitrogens with one attached hydrogen (secondary N) is 1. The Hall–Kier alpha value is -3.03. The Balaban J connectivity index is 1.43. The Morgan fingerprint density at radius 1 is 1.16 bits per heavy atom. The second kappa shape index (κ2) is 8.24. The number of aromatic nitrogens is 3. The summed E-state index contributed by atoms with van der Waals surface area (Å²) in [5, 5.41) is 6.73. The van der Waals surface area contributed by atoms with E-state index in [4.69, 9.17) is 0 Å². The fraction of sp³-hybridized carbons (Fsp3) is 0.391. The highest BCUT2D eigenvalue weighted by Crippen LogP contribution is 2.42. The van der Waals surface area contributed by atoms with Crippen molar-refractivity contribution in [2.75, 3.05) is 0 Å². The van der Waals surface area contributed by atoms with E-state index in [0.29, 0.717) is 5.69 Å². The van der Waals surface area contributed by atoms with Gasteiger partial charge in [0.15, 0.2) is 5.69 Å². The maximum Gasteiger partial charge on any atom is 0.435 e. The third-order valence-electron chi connectivity index (χ3n) is 5.62. The van der Waals surface area contributed by atoms with Crippen LogP contribution < -0.4 is 5.32 Å². The summed E-state index contributed by atoms with van der Waals surface area (Å²) in [6.07, 6.45) is 1.12. The van der Waals surface area contributed by atoms with Crippen molar-refractivity contribution in [2.24, 2.45) is 5.92 Å². The summed E-state index contributed by atoms with van der Waals surface area (Å²) in [6, 6.07) is 12.6. The van der Waals surface area contributed by atoms with Gasteiger partial charge in [0, 0.05) is 29.7 Å². The zero-order valence-corrected chi connectivity index (χ0v) is 17.4. The van der Waals surface area contributed by atoms with Gasteiger partial charge in [0.05, 0.1) is 18.5 Å². The van der Waals surface area contributed by atoms with Gasteiger partial charge in [0.25, 0.3) is 0 Å². The van der Waals surface area contributed by atoms with E-state index in [9.17, 15) is 18.0 Å². The predicted octanol–water partition coefficient (Wildman–Crippen LogP) is 5.08. The van der Waals surface area contributed by atoms with Crippen LogP contribution in [0.25, 0.3) is 5.69 Å². The molecule has 0 radical (unpaired) electrons. The molecule has 2 unspecified atom stereocenters. The highest BCUT2D eigenvalue weighted by Gasteiger charge is 2.38. The van der Waals surface area contributed by atoms with Crippen molar-refractivity contribution < 1.29 is 18.0 Å². The van der Waals surface area contributed by atoms with E-state index < -0.39 is 17.8 Å². The standard InChI is InChI=1S/C23H25F3N4O/c1-15(14-30-20(17-8-9-17)13-21(28-30)23(24,25)26)22(31)27-16(2)18-6-5-7-19(12-18)29-10-3-4-11-29/h3-7,10-13,15-17H,8-9,14H2,1-2H3,(H,27,31). The summed E-state index contributed by atoms with van der Waals surface area (Å²) in [5.74, 6) is -0.632. The van der Waals surface area contributed by atoms with Crippen LogP contribution in [0.5, 0.6) is 0 Å². The summed E-state index contributed by atoms with van der Waals surface area (Å²) < 4.78 is 42.6. The Bertz CT molecular complexity index is 1050. The first-order valence-corrected chi connectivity index (χ1v) is 10.4. The zero-order valence-electron chi connectivity index (χ0n) is 17.4. The van der Waals surface area contributed by atoms with E-state index in [1.165, 1.54) is 4.68 Å². The molecule has 1 aromatic carbocycles. The minimum atomic E-state index is -4.49. The van der Waals surface area contributed by atoms with Crippen molar-refractivity contribution in [2.45, 2.75) is 51.4 Å². The zero-order chi connectivity index (χ0) is 22.2. The summed E-state index contributed by atoms with van der Waals surface area (Å²) in [7, 11) is 0. The van der Waals surface area contributed by atoms with Gasteiger partial charge in [-0.25, -0.2) is 0 Å². The van der Waals surface area contributed by atoms with Crippen LogP contribution >= 0.6 is 0 Å². The van der Waals surface area contributed by atoms with Crippen LogP contribution in [0.2, 0.25) is 0 Å². The smallest absolute Gasteiger partial charge is 0.349 e. The van der Waals surface area contributed by atoms with E-state index in [1.807, 2.05) is 60.3 Å². The van der Waals surface area contributed by atoms with Crippen LogP contribution in [0.3, 0.4) is 0 Å². The van der Waals surface area contributed by atoms with Crippen LogP contribution in [0.1, 0.15) is 55.6 Å². The van der Waals surface area contributed by atoms with Gasteiger partial charge in [-0.1, -0.05) is 19.1 Å². The molecule has 2 heterocycles. The summed E-state index contributed by atoms with van der Waals surface area (Å²) in [5.41, 5.74) is 1.61. The molecule has 2 atom stereocenters. The first-order valence-electron chi connectivity index (χ1n) is 10.4. The molecule has 1 N–H and O–H groups in total. The molecule has 5 nitrogen and oxygen atoms in total. The second-order valence-corrected chi connectivity index (χ2v) is 8.23. The number of rotatable bonds is 7. The number of benzene rings is 1. The number of hydrogen-bond acceptors (Lipinski definition) is 2. The molecule has 3 aromatic rings.